The number of nitrogens with zero attached hydrogens (tertiary/aromatic N) is 1. The van der Waals surface area contributed by atoms with E-state index in [2.05, 4.69) is 24.1 Å². The summed E-state index contributed by atoms with van der Waals surface area (Å²) in [5.74, 6) is -0.153. The third-order valence-corrected chi connectivity index (χ3v) is 4.36. The van der Waals surface area contributed by atoms with E-state index < -0.39 is 0 Å². The van der Waals surface area contributed by atoms with Gasteiger partial charge in [-0.05, 0) is 64.4 Å². The molecule has 1 aromatic rings. The van der Waals surface area contributed by atoms with Gasteiger partial charge in [0.15, 0.2) is 0 Å². The maximum atomic E-state index is 13.3. The molecule has 19 heavy (non-hydrogen) atoms. The van der Waals surface area contributed by atoms with Crippen LogP contribution >= 0.6 is 0 Å². The molecule has 1 fully saturated rings. The lowest BCUT2D eigenvalue weighted by Gasteiger charge is -2.32. The van der Waals surface area contributed by atoms with E-state index in [0.717, 1.165) is 18.5 Å². The van der Waals surface area contributed by atoms with Crippen LogP contribution in [0.15, 0.2) is 24.3 Å². The smallest absolute Gasteiger partial charge is 0.123 e. The van der Waals surface area contributed by atoms with E-state index in [1.807, 2.05) is 13.1 Å². The first kappa shape index (κ1) is 14.5. The van der Waals surface area contributed by atoms with Gasteiger partial charge in [-0.25, -0.2) is 4.39 Å². The van der Waals surface area contributed by atoms with E-state index in [9.17, 15) is 4.39 Å². The van der Waals surface area contributed by atoms with Crippen LogP contribution in [-0.2, 0) is 0 Å². The van der Waals surface area contributed by atoms with Gasteiger partial charge in [0, 0.05) is 18.1 Å². The van der Waals surface area contributed by atoms with E-state index in [1.165, 1.54) is 25.5 Å². The molecule has 0 saturated carbocycles. The van der Waals surface area contributed by atoms with Crippen molar-refractivity contribution in [3.05, 3.63) is 35.6 Å². The Hall–Kier alpha value is -0.930. The van der Waals surface area contributed by atoms with Crippen LogP contribution in [0.25, 0.3) is 0 Å². The zero-order valence-corrected chi connectivity index (χ0v) is 12.2. The van der Waals surface area contributed by atoms with Crippen molar-refractivity contribution in [2.24, 2.45) is 0 Å². The Morgan fingerprint density at radius 2 is 2.21 bits per heavy atom. The molecular weight excluding hydrogens is 239 g/mol. The molecule has 1 N–H and O–H groups in total. The SMILES string of the molecule is CNC(CCN1CCCC1(C)C)c1cccc(F)c1. The van der Waals surface area contributed by atoms with Crippen LogP contribution in [0.5, 0.6) is 0 Å². The van der Waals surface area contributed by atoms with Crippen LogP contribution in [0.2, 0.25) is 0 Å². The summed E-state index contributed by atoms with van der Waals surface area (Å²) in [5.41, 5.74) is 1.36. The second-order valence-corrected chi connectivity index (χ2v) is 6.09. The Kier molecular flexibility index (Phi) is 4.58. The van der Waals surface area contributed by atoms with Crippen molar-refractivity contribution in [3.63, 3.8) is 0 Å². The molecule has 1 aromatic carbocycles. The van der Waals surface area contributed by atoms with Crippen LogP contribution in [-0.4, -0.2) is 30.6 Å². The monoisotopic (exact) mass is 264 g/mol. The predicted octanol–water partition coefficient (Wildman–Crippen LogP) is 3.35. The van der Waals surface area contributed by atoms with Gasteiger partial charge >= 0.3 is 0 Å². The maximum Gasteiger partial charge on any atom is 0.123 e. The number of hydrogen-bond acceptors (Lipinski definition) is 2. The summed E-state index contributed by atoms with van der Waals surface area (Å²) in [7, 11) is 1.95. The molecule has 0 aliphatic carbocycles. The number of rotatable bonds is 5. The highest BCUT2D eigenvalue weighted by Gasteiger charge is 2.31. The molecule has 1 aliphatic rings. The van der Waals surface area contributed by atoms with Crippen molar-refractivity contribution in [1.82, 2.24) is 10.2 Å². The Morgan fingerprint density at radius 3 is 2.79 bits per heavy atom. The summed E-state index contributed by atoms with van der Waals surface area (Å²) in [4.78, 5) is 2.55. The van der Waals surface area contributed by atoms with Gasteiger partial charge in [-0.1, -0.05) is 12.1 Å². The zero-order chi connectivity index (χ0) is 13.9. The number of hydrogen-bond donors (Lipinski definition) is 1. The molecule has 0 aromatic heterocycles. The standard InChI is InChI=1S/C16H25FN2/c1-16(2)9-5-10-19(16)11-8-15(18-3)13-6-4-7-14(17)12-13/h4,6-7,12,15,18H,5,8-11H2,1-3H3. The van der Waals surface area contributed by atoms with E-state index in [1.54, 1.807) is 12.1 Å². The van der Waals surface area contributed by atoms with Crippen LogP contribution < -0.4 is 5.32 Å². The lowest BCUT2D eigenvalue weighted by atomic mass is 10.00. The zero-order valence-electron chi connectivity index (χ0n) is 12.2. The van der Waals surface area contributed by atoms with Gasteiger partial charge in [0.05, 0.1) is 0 Å². The fraction of sp³-hybridized carbons (Fsp3) is 0.625. The van der Waals surface area contributed by atoms with Gasteiger partial charge in [0.1, 0.15) is 5.82 Å². The predicted molar refractivity (Wildman–Crippen MR) is 77.7 cm³/mol. The van der Waals surface area contributed by atoms with Gasteiger partial charge in [0.25, 0.3) is 0 Å². The molecule has 2 nitrogen and oxygen atoms in total. The lowest BCUT2D eigenvalue weighted by Crippen LogP contribution is -2.39. The summed E-state index contributed by atoms with van der Waals surface area (Å²) >= 11 is 0. The molecule has 1 saturated heterocycles. The molecule has 0 amide bonds. The molecule has 0 radical (unpaired) electrons. The molecule has 3 heteroatoms. The summed E-state index contributed by atoms with van der Waals surface area (Å²) in [6.07, 6.45) is 3.58. The number of halogens is 1. The van der Waals surface area contributed by atoms with Crippen LogP contribution in [0.1, 0.15) is 44.7 Å². The minimum atomic E-state index is -0.153. The van der Waals surface area contributed by atoms with Gasteiger partial charge in [-0.2, -0.15) is 0 Å². The van der Waals surface area contributed by atoms with E-state index >= 15 is 0 Å². The maximum absolute atomic E-state index is 13.3. The number of nitrogens with one attached hydrogen (secondary N) is 1. The normalized spacial score (nSPS) is 20.6. The molecule has 1 aliphatic heterocycles. The van der Waals surface area contributed by atoms with Crippen molar-refractivity contribution in [1.29, 1.82) is 0 Å². The van der Waals surface area contributed by atoms with Gasteiger partial charge in [-0.15, -0.1) is 0 Å². The first-order valence-electron chi connectivity index (χ1n) is 7.21. The van der Waals surface area contributed by atoms with Crippen molar-refractivity contribution in [2.75, 3.05) is 20.1 Å². The highest BCUT2D eigenvalue weighted by molar-refractivity contribution is 5.20. The number of likely N-dealkylation sites (tertiary alicyclic amines) is 1. The van der Waals surface area contributed by atoms with Crippen molar-refractivity contribution in [2.45, 2.75) is 44.7 Å². The Morgan fingerprint density at radius 1 is 1.42 bits per heavy atom. The molecule has 0 bridgehead atoms. The number of benzene rings is 1. The van der Waals surface area contributed by atoms with Crippen LogP contribution in [0.3, 0.4) is 0 Å². The topological polar surface area (TPSA) is 15.3 Å². The largest absolute Gasteiger partial charge is 0.313 e. The summed E-state index contributed by atoms with van der Waals surface area (Å²) < 4.78 is 13.3. The van der Waals surface area contributed by atoms with Gasteiger partial charge in [-0.3, -0.25) is 4.90 Å². The van der Waals surface area contributed by atoms with Crippen LogP contribution in [0, 0.1) is 5.82 Å². The third kappa shape index (κ3) is 3.54. The quantitative estimate of drug-likeness (QED) is 0.877. The summed E-state index contributed by atoms with van der Waals surface area (Å²) in [6.45, 7) is 6.88. The Labute approximate surface area is 116 Å². The highest BCUT2D eigenvalue weighted by atomic mass is 19.1. The fourth-order valence-electron chi connectivity index (χ4n) is 3.06. The minimum Gasteiger partial charge on any atom is -0.313 e. The van der Waals surface area contributed by atoms with Crippen molar-refractivity contribution in [3.8, 4) is 0 Å². The molecule has 1 atom stereocenters. The average Bonchev–Trinajstić information content (AvgIpc) is 2.70. The summed E-state index contributed by atoms with van der Waals surface area (Å²) in [5, 5.41) is 3.30. The van der Waals surface area contributed by atoms with Crippen molar-refractivity contribution < 1.29 is 4.39 Å². The molecule has 1 unspecified atom stereocenters. The first-order valence-corrected chi connectivity index (χ1v) is 7.21. The molecule has 1 heterocycles. The Bertz CT molecular complexity index is 417. The molecule has 2 rings (SSSR count). The summed E-state index contributed by atoms with van der Waals surface area (Å²) in [6, 6.07) is 7.15. The Balaban J connectivity index is 1.96. The van der Waals surface area contributed by atoms with Gasteiger partial charge in [0.2, 0.25) is 0 Å². The first-order chi connectivity index (χ1) is 9.03. The molecular formula is C16H25FN2. The lowest BCUT2D eigenvalue weighted by molar-refractivity contribution is 0.167. The van der Waals surface area contributed by atoms with E-state index in [-0.39, 0.29) is 11.9 Å². The fourth-order valence-corrected chi connectivity index (χ4v) is 3.06. The third-order valence-electron chi connectivity index (χ3n) is 4.36. The highest BCUT2D eigenvalue weighted by Crippen LogP contribution is 2.29. The van der Waals surface area contributed by atoms with E-state index in [0.29, 0.717) is 5.54 Å². The minimum absolute atomic E-state index is 0.153. The molecule has 0 spiro atoms. The second-order valence-electron chi connectivity index (χ2n) is 6.09. The average molecular weight is 264 g/mol. The van der Waals surface area contributed by atoms with Crippen molar-refractivity contribution >= 4 is 0 Å². The van der Waals surface area contributed by atoms with E-state index in [4.69, 9.17) is 0 Å². The van der Waals surface area contributed by atoms with Crippen LogP contribution in [0.4, 0.5) is 4.39 Å². The van der Waals surface area contributed by atoms with Gasteiger partial charge < -0.3 is 5.32 Å². The second kappa shape index (κ2) is 6.02. The molecule has 106 valence electrons.